The lowest BCUT2D eigenvalue weighted by atomic mass is 10.1. The van der Waals surface area contributed by atoms with Crippen molar-refractivity contribution in [2.75, 3.05) is 57.4 Å². The molecule has 2 amide bonds. The lowest BCUT2D eigenvalue weighted by molar-refractivity contribution is -0.116. The summed E-state index contributed by atoms with van der Waals surface area (Å²) in [6, 6.07) is 9.00. The normalized spacial score (nSPS) is 12.6. The minimum Gasteiger partial charge on any atom is -0.487 e. The second-order valence-corrected chi connectivity index (χ2v) is 11.4. The molecule has 46 heavy (non-hydrogen) atoms. The van der Waals surface area contributed by atoms with Gasteiger partial charge >= 0.3 is 6.09 Å². The van der Waals surface area contributed by atoms with Gasteiger partial charge in [0.05, 0.1) is 42.2 Å². The van der Waals surface area contributed by atoms with Crippen LogP contribution in [0.25, 0.3) is 10.9 Å². The highest BCUT2D eigenvalue weighted by Crippen LogP contribution is 2.36. The number of hydrogen-bond donors (Lipinski definition) is 1. The van der Waals surface area contributed by atoms with Crippen LogP contribution in [0.1, 0.15) is 26.3 Å². The van der Waals surface area contributed by atoms with Gasteiger partial charge in [-0.05, 0) is 51.0 Å². The van der Waals surface area contributed by atoms with Crippen molar-refractivity contribution in [3.63, 3.8) is 0 Å². The van der Waals surface area contributed by atoms with Crippen LogP contribution in [-0.4, -0.2) is 84.5 Å². The number of methoxy groups -OCH3 is 2. The number of ether oxygens (including phenoxy) is 6. The molecule has 4 aromatic rings. The second kappa shape index (κ2) is 14.4. The molecule has 1 aliphatic rings. The molecule has 244 valence electrons. The van der Waals surface area contributed by atoms with E-state index in [1.165, 1.54) is 17.2 Å². The maximum absolute atomic E-state index is 12.9. The van der Waals surface area contributed by atoms with Crippen molar-refractivity contribution in [2.24, 2.45) is 0 Å². The fraction of sp³-hybridized carbons (Fsp3) is 0.406. The topological polar surface area (TPSA) is 148 Å². The third-order valence-corrected chi connectivity index (χ3v) is 6.76. The molecule has 14 nitrogen and oxygen atoms in total. The molecule has 0 fully saturated rings. The number of hydrogen-bond acceptors (Lipinski definition) is 11. The van der Waals surface area contributed by atoms with Crippen molar-refractivity contribution in [1.29, 1.82) is 0 Å². The van der Waals surface area contributed by atoms with Crippen LogP contribution in [0.4, 0.5) is 16.2 Å². The summed E-state index contributed by atoms with van der Waals surface area (Å²) in [6.07, 6.45) is 4.78. The number of fused-ring (bicyclic) bond motifs is 2. The molecule has 0 saturated carbocycles. The summed E-state index contributed by atoms with van der Waals surface area (Å²) in [6.45, 7) is 7.39. The first kappa shape index (κ1) is 32.4. The largest absolute Gasteiger partial charge is 0.487 e. The second-order valence-electron chi connectivity index (χ2n) is 11.4. The lowest BCUT2D eigenvalue weighted by Gasteiger charge is -2.25. The van der Waals surface area contributed by atoms with E-state index in [2.05, 4.69) is 20.4 Å². The van der Waals surface area contributed by atoms with Crippen molar-refractivity contribution in [3.8, 4) is 23.1 Å². The molecule has 0 unspecified atom stereocenters. The van der Waals surface area contributed by atoms with Gasteiger partial charge in [-0.25, -0.2) is 14.8 Å². The maximum Gasteiger partial charge on any atom is 0.414 e. The summed E-state index contributed by atoms with van der Waals surface area (Å²) in [5.74, 6) is 1.34. The number of rotatable bonds is 13. The number of benzene rings is 2. The average molecular weight is 635 g/mol. The Morgan fingerprint density at radius 3 is 2.41 bits per heavy atom. The third kappa shape index (κ3) is 8.20. The number of carbonyl (C=O) groups excluding carboxylic acids is 2. The van der Waals surface area contributed by atoms with Crippen LogP contribution >= 0.6 is 0 Å². The highest BCUT2D eigenvalue weighted by Gasteiger charge is 2.29. The molecule has 0 bridgehead atoms. The smallest absolute Gasteiger partial charge is 0.414 e. The Hall–Kier alpha value is -4.95. The Morgan fingerprint density at radius 1 is 0.957 bits per heavy atom. The van der Waals surface area contributed by atoms with E-state index in [1.54, 1.807) is 43.5 Å². The molecule has 0 radical (unpaired) electrons. The number of amides is 2. The Balaban J connectivity index is 1.25. The standard InChI is InChI=1S/C32H38N6O8/c1-32(2,3)46-31(40)38-9-8-21-6-7-22(14-26(21)38)36-29(39)19-37-18-23(17-35-37)45-30-24-15-27(43-12-10-41-4)28(44-13-11-42-5)16-25(24)33-20-34-30/h6-7,14-18,20H,8-13,19H2,1-5H3,(H,36,39). The molecule has 0 atom stereocenters. The minimum atomic E-state index is -0.609. The van der Waals surface area contributed by atoms with Gasteiger partial charge in [0.15, 0.2) is 17.2 Å². The molecular formula is C32H38N6O8. The van der Waals surface area contributed by atoms with Gasteiger partial charge in [-0.2, -0.15) is 5.10 Å². The van der Waals surface area contributed by atoms with Crippen LogP contribution in [0.2, 0.25) is 0 Å². The quantitative estimate of drug-likeness (QED) is 0.206. The fourth-order valence-corrected chi connectivity index (χ4v) is 4.72. The van der Waals surface area contributed by atoms with E-state index in [0.29, 0.717) is 73.2 Å². The van der Waals surface area contributed by atoms with Crippen molar-refractivity contribution in [2.45, 2.75) is 39.3 Å². The zero-order chi connectivity index (χ0) is 32.7. The summed E-state index contributed by atoms with van der Waals surface area (Å²) in [4.78, 5) is 35.9. The number of nitrogens with one attached hydrogen (secondary N) is 1. The van der Waals surface area contributed by atoms with Crippen LogP contribution in [0.15, 0.2) is 49.1 Å². The summed E-state index contributed by atoms with van der Waals surface area (Å²) in [5.41, 5.74) is 2.27. The molecule has 0 saturated heterocycles. The van der Waals surface area contributed by atoms with Crippen molar-refractivity contribution < 1.29 is 38.0 Å². The lowest BCUT2D eigenvalue weighted by Crippen LogP contribution is -2.35. The van der Waals surface area contributed by atoms with Crippen LogP contribution in [0.3, 0.4) is 0 Å². The highest BCUT2D eigenvalue weighted by atomic mass is 16.6. The zero-order valence-corrected chi connectivity index (χ0v) is 26.6. The third-order valence-electron chi connectivity index (χ3n) is 6.76. The molecule has 0 spiro atoms. The molecular weight excluding hydrogens is 596 g/mol. The Bertz CT molecular complexity index is 1690. The van der Waals surface area contributed by atoms with Crippen molar-refractivity contribution in [1.82, 2.24) is 19.7 Å². The van der Waals surface area contributed by atoms with Crippen LogP contribution in [-0.2, 0) is 32.0 Å². The van der Waals surface area contributed by atoms with E-state index >= 15 is 0 Å². The predicted molar refractivity (Wildman–Crippen MR) is 169 cm³/mol. The molecule has 5 rings (SSSR count). The Kier molecular flexibility index (Phi) is 10.2. The van der Waals surface area contributed by atoms with Crippen LogP contribution < -0.4 is 24.4 Å². The van der Waals surface area contributed by atoms with Crippen molar-refractivity contribution in [3.05, 3.63) is 54.6 Å². The molecule has 14 heteroatoms. The van der Waals surface area contributed by atoms with Gasteiger partial charge in [0.2, 0.25) is 11.8 Å². The SMILES string of the molecule is COCCOc1cc2ncnc(Oc3cnn(CC(=O)Nc4ccc5c(c4)N(C(=O)OC(C)(C)C)CC5)c3)c2cc1OCCOC. The van der Waals surface area contributed by atoms with Crippen LogP contribution in [0.5, 0.6) is 23.1 Å². The van der Waals surface area contributed by atoms with E-state index < -0.39 is 11.7 Å². The van der Waals surface area contributed by atoms with Crippen molar-refractivity contribution >= 4 is 34.3 Å². The average Bonchev–Trinajstić information content (AvgIpc) is 3.63. The first-order chi connectivity index (χ1) is 22.1. The molecule has 1 N–H and O–H groups in total. The van der Waals surface area contributed by atoms with Gasteiger partial charge in [0.25, 0.3) is 0 Å². The fourth-order valence-electron chi connectivity index (χ4n) is 4.72. The van der Waals surface area contributed by atoms with E-state index in [-0.39, 0.29) is 18.3 Å². The van der Waals surface area contributed by atoms with E-state index in [1.807, 2.05) is 32.9 Å². The van der Waals surface area contributed by atoms with Gasteiger partial charge in [-0.1, -0.05) is 6.07 Å². The van der Waals surface area contributed by atoms with Gasteiger partial charge in [0.1, 0.15) is 31.7 Å². The first-order valence-electron chi connectivity index (χ1n) is 14.8. The highest BCUT2D eigenvalue weighted by molar-refractivity contribution is 5.95. The summed E-state index contributed by atoms with van der Waals surface area (Å²) >= 11 is 0. The van der Waals surface area contributed by atoms with E-state index in [0.717, 1.165) is 11.3 Å². The predicted octanol–water partition coefficient (Wildman–Crippen LogP) is 4.61. The number of anilines is 2. The molecule has 2 aromatic heterocycles. The van der Waals surface area contributed by atoms with Crippen LogP contribution in [0, 0.1) is 0 Å². The maximum atomic E-state index is 12.9. The number of nitrogens with zero attached hydrogens (tertiary/aromatic N) is 5. The van der Waals surface area contributed by atoms with Gasteiger partial charge < -0.3 is 33.7 Å². The molecule has 2 aromatic carbocycles. The van der Waals surface area contributed by atoms with Gasteiger partial charge in [-0.3, -0.25) is 14.4 Å². The van der Waals surface area contributed by atoms with E-state index in [4.69, 9.17) is 28.4 Å². The van der Waals surface area contributed by atoms with E-state index in [9.17, 15) is 9.59 Å². The summed E-state index contributed by atoms with van der Waals surface area (Å²) < 4.78 is 35.0. The first-order valence-corrected chi connectivity index (χ1v) is 14.8. The molecule has 3 heterocycles. The molecule has 1 aliphatic heterocycles. The monoisotopic (exact) mass is 634 g/mol. The summed E-state index contributed by atoms with van der Waals surface area (Å²) in [7, 11) is 3.19. The molecule has 0 aliphatic carbocycles. The zero-order valence-electron chi connectivity index (χ0n) is 26.6. The number of aromatic nitrogens is 4. The summed E-state index contributed by atoms with van der Waals surface area (Å²) in [5, 5.41) is 7.75. The van der Waals surface area contributed by atoms with Gasteiger partial charge in [-0.15, -0.1) is 0 Å². The Morgan fingerprint density at radius 2 is 1.70 bits per heavy atom. The minimum absolute atomic E-state index is 0.0690. The number of carbonyl (C=O) groups is 2. The van der Waals surface area contributed by atoms with Gasteiger partial charge in [0, 0.05) is 32.5 Å². The Labute approximate surface area is 266 Å².